The van der Waals surface area contributed by atoms with Gasteiger partial charge in [0.25, 0.3) is 0 Å². The number of ether oxygens (including phenoxy) is 2. The Labute approximate surface area is 237 Å². The predicted octanol–water partition coefficient (Wildman–Crippen LogP) is 4.19. The first kappa shape index (κ1) is 30.1. The average molecular weight is 571 g/mol. The van der Waals surface area contributed by atoms with Crippen molar-refractivity contribution in [1.29, 1.82) is 0 Å². The maximum Gasteiger partial charge on any atom is 0.323 e. The van der Waals surface area contributed by atoms with Crippen molar-refractivity contribution in [1.82, 2.24) is 15.1 Å². The molecule has 4 N–H and O–H groups in total. The summed E-state index contributed by atoms with van der Waals surface area (Å²) >= 11 is 0. The fourth-order valence-electron chi connectivity index (χ4n) is 4.78. The first-order valence-corrected chi connectivity index (χ1v) is 13.8. The molecule has 9 nitrogen and oxygen atoms in total. The molecule has 41 heavy (non-hydrogen) atoms. The number of ketones is 1. The Morgan fingerprint density at radius 3 is 2.63 bits per heavy atom. The zero-order valence-electron chi connectivity index (χ0n) is 23.2. The molecule has 1 aliphatic rings. The lowest BCUT2D eigenvalue weighted by molar-refractivity contribution is -0.152. The van der Waals surface area contributed by atoms with Crippen molar-refractivity contribution in [2.45, 2.75) is 64.2 Å². The van der Waals surface area contributed by atoms with Crippen molar-refractivity contribution in [2.75, 3.05) is 18.9 Å². The molecule has 1 heterocycles. The molecule has 1 saturated carbocycles. The molecule has 0 saturated heterocycles. The summed E-state index contributed by atoms with van der Waals surface area (Å²) in [6.45, 7) is 4.07. The molecule has 0 aliphatic heterocycles. The van der Waals surface area contributed by atoms with E-state index in [4.69, 9.17) is 15.2 Å². The molecule has 1 aliphatic carbocycles. The van der Waals surface area contributed by atoms with Crippen LogP contribution in [-0.4, -0.2) is 58.0 Å². The molecule has 0 amide bonds. The van der Waals surface area contributed by atoms with E-state index in [9.17, 15) is 23.5 Å². The Balaban J connectivity index is 1.34. The standard InChI is InChI=1S/C30H36F2N4O5/c1-18(2)12-26(30(39)41-22-7-3-4-8-22)34-15-21(37)17-40-23-9-5-6-19(13-23)28(38)24-16-35-36(29(24)33)27-11-10-20(31)14-25(27)32/h5-6,9-11,13-14,16,18,21-22,26,34,37H,3-4,7-8,12,15,17,33H2,1-2H3/t21-,26-/m0/s1. The summed E-state index contributed by atoms with van der Waals surface area (Å²) in [6, 6.07) is 8.74. The lowest BCUT2D eigenvalue weighted by Gasteiger charge is -2.23. The van der Waals surface area contributed by atoms with Crippen LogP contribution in [0.25, 0.3) is 5.69 Å². The van der Waals surface area contributed by atoms with Gasteiger partial charge >= 0.3 is 5.97 Å². The summed E-state index contributed by atoms with van der Waals surface area (Å²) in [5.74, 6) is -1.89. The Morgan fingerprint density at radius 1 is 1.17 bits per heavy atom. The largest absolute Gasteiger partial charge is 0.491 e. The third kappa shape index (κ3) is 7.89. The van der Waals surface area contributed by atoms with E-state index in [1.165, 1.54) is 18.3 Å². The van der Waals surface area contributed by atoms with Crippen LogP contribution >= 0.6 is 0 Å². The van der Waals surface area contributed by atoms with Gasteiger partial charge in [-0.3, -0.25) is 9.59 Å². The number of hydrogen-bond acceptors (Lipinski definition) is 8. The summed E-state index contributed by atoms with van der Waals surface area (Å²) in [5, 5.41) is 17.6. The Hall–Kier alpha value is -3.83. The van der Waals surface area contributed by atoms with Crippen molar-refractivity contribution in [2.24, 2.45) is 5.92 Å². The number of hydrogen-bond donors (Lipinski definition) is 3. The van der Waals surface area contributed by atoms with Gasteiger partial charge in [-0.1, -0.05) is 26.0 Å². The summed E-state index contributed by atoms with van der Waals surface area (Å²) in [6.07, 6.45) is 4.75. The Bertz CT molecular complexity index is 1360. The minimum Gasteiger partial charge on any atom is -0.491 e. The van der Waals surface area contributed by atoms with Gasteiger partial charge in [-0.05, 0) is 62.3 Å². The number of aromatic nitrogens is 2. The van der Waals surface area contributed by atoms with E-state index in [1.807, 2.05) is 13.8 Å². The molecule has 220 valence electrons. The fourth-order valence-corrected chi connectivity index (χ4v) is 4.78. The normalized spacial score (nSPS) is 15.2. The third-order valence-corrected chi connectivity index (χ3v) is 6.90. The van der Waals surface area contributed by atoms with Crippen molar-refractivity contribution in [3.8, 4) is 11.4 Å². The van der Waals surface area contributed by atoms with E-state index in [2.05, 4.69) is 10.4 Å². The van der Waals surface area contributed by atoms with Gasteiger partial charge < -0.3 is 25.6 Å². The second kappa shape index (κ2) is 13.7. The molecule has 1 fully saturated rings. The number of halogens is 2. The first-order valence-electron chi connectivity index (χ1n) is 13.8. The van der Waals surface area contributed by atoms with E-state index >= 15 is 0 Å². The number of nitrogens with zero attached hydrogens (tertiary/aromatic N) is 2. The van der Waals surface area contributed by atoms with Gasteiger partial charge in [0, 0.05) is 18.2 Å². The summed E-state index contributed by atoms with van der Waals surface area (Å²) in [4.78, 5) is 25.9. The Morgan fingerprint density at radius 2 is 1.93 bits per heavy atom. The number of nitrogens with two attached hydrogens (primary N) is 1. The van der Waals surface area contributed by atoms with E-state index in [-0.39, 0.29) is 53.8 Å². The zero-order chi connectivity index (χ0) is 29.5. The van der Waals surface area contributed by atoms with Crippen LogP contribution < -0.4 is 15.8 Å². The number of esters is 1. The molecule has 0 radical (unpaired) electrons. The molecule has 0 bridgehead atoms. The highest BCUT2D eigenvalue weighted by Crippen LogP contribution is 2.25. The number of benzene rings is 2. The van der Waals surface area contributed by atoms with Crippen LogP contribution in [-0.2, 0) is 9.53 Å². The molecule has 4 rings (SSSR count). The van der Waals surface area contributed by atoms with Gasteiger partial charge in [0.15, 0.2) is 11.6 Å². The number of anilines is 1. The second-order valence-corrected chi connectivity index (χ2v) is 10.7. The van der Waals surface area contributed by atoms with Crippen LogP contribution in [0, 0.1) is 17.6 Å². The summed E-state index contributed by atoms with van der Waals surface area (Å²) < 4.78 is 39.9. The van der Waals surface area contributed by atoms with Gasteiger partial charge in [-0.2, -0.15) is 5.10 Å². The molecule has 11 heteroatoms. The Kier molecular flexibility index (Phi) is 10.1. The highest BCUT2D eigenvalue weighted by Gasteiger charge is 2.27. The van der Waals surface area contributed by atoms with Crippen LogP contribution in [0.15, 0.2) is 48.7 Å². The van der Waals surface area contributed by atoms with E-state index in [0.29, 0.717) is 18.2 Å². The second-order valence-electron chi connectivity index (χ2n) is 10.7. The van der Waals surface area contributed by atoms with E-state index in [0.717, 1.165) is 36.4 Å². The van der Waals surface area contributed by atoms with Gasteiger partial charge in [0.2, 0.25) is 0 Å². The van der Waals surface area contributed by atoms with Gasteiger partial charge in [0.1, 0.15) is 47.9 Å². The van der Waals surface area contributed by atoms with Crippen LogP contribution in [0.4, 0.5) is 14.6 Å². The fraction of sp³-hybridized carbons (Fsp3) is 0.433. The average Bonchev–Trinajstić information content (AvgIpc) is 3.59. The van der Waals surface area contributed by atoms with Gasteiger partial charge in [0.05, 0.1) is 11.8 Å². The van der Waals surface area contributed by atoms with Crippen LogP contribution in [0.1, 0.15) is 61.9 Å². The van der Waals surface area contributed by atoms with Crippen LogP contribution in [0.5, 0.6) is 5.75 Å². The first-order chi connectivity index (χ1) is 19.6. The smallest absolute Gasteiger partial charge is 0.323 e. The zero-order valence-corrected chi connectivity index (χ0v) is 23.2. The van der Waals surface area contributed by atoms with Crippen LogP contribution in [0.3, 0.4) is 0 Å². The number of nitrogen functional groups attached to an aromatic ring is 1. The van der Waals surface area contributed by atoms with Crippen molar-refractivity contribution >= 4 is 17.6 Å². The highest BCUT2D eigenvalue weighted by molar-refractivity contribution is 6.11. The molecule has 0 spiro atoms. The maximum atomic E-state index is 14.2. The van der Waals surface area contributed by atoms with E-state index < -0.39 is 29.6 Å². The monoisotopic (exact) mass is 570 g/mol. The van der Waals surface area contributed by atoms with Gasteiger partial charge in [-0.15, -0.1) is 0 Å². The molecule has 3 aromatic rings. The molecule has 0 unspecified atom stereocenters. The maximum absolute atomic E-state index is 14.2. The number of carbonyl (C=O) groups excluding carboxylic acids is 2. The third-order valence-electron chi connectivity index (χ3n) is 6.90. The molecular weight excluding hydrogens is 534 g/mol. The molecule has 1 aromatic heterocycles. The highest BCUT2D eigenvalue weighted by atomic mass is 19.1. The van der Waals surface area contributed by atoms with Crippen LogP contribution in [0.2, 0.25) is 0 Å². The topological polar surface area (TPSA) is 129 Å². The molecule has 2 atom stereocenters. The number of carbonyl (C=O) groups is 2. The quantitative estimate of drug-likeness (QED) is 0.206. The predicted molar refractivity (Wildman–Crippen MR) is 149 cm³/mol. The number of rotatable bonds is 13. The number of nitrogens with one attached hydrogen (secondary N) is 1. The SMILES string of the molecule is CC(C)C[C@H](NC[C@H](O)COc1cccc(C(=O)c2cnn(-c3ccc(F)cc3F)c2N)c1)C(=O)OC1CCCC1. The summed E-state index contributed by atoms with van der Waals surface area (Å²) in [7, 11) is 0. The van der Waals surface area contributed by atoms with Crippen molar-refractivity contribution in [3.63, 3.8) is 0 Å². The number of aliphatic hydroxyl groups excluding tert-OH is 1. The molecule has 2 aromatic carbocycles. The minimum atomic E-state index is -0.928. The minimum absolute atomic E-state index is 0.0315. The van der Waals surface area contributed by atoms with E-state index in [1.54, 1.807) is 18.2 Å². The lowest BCUT2D eigenvalue weighted by Crippen LogP contribution is -2.44. The lowest BCUT2D eigenvalue weighted by atomic mass is 10.0. The number of aliphatic hydroxyl groups is 1. The van der Waals surface area contributed by atoms with Gasteiger partial charge in [-0.25, -0.2) is 13.5 Å². The van der Waals surface area contributed by atoms with Crippen molar-refractivity contribution in [3.05, 3.63) is 71.4 Å². The van der Waals surface area contributed by atoms with Crippen molar-refractivity contribution < 1.29 is 33.0 Å². The molecular formula is C30H36F2N4O5. The summed E-state index contributed by atoms with van der Waals surface area (Å²) in [5.41, 5.74) is 6.27.